The van der Waals surface area contributed by atoms with Crippen molar-refractivity contribution in [3.05, 3.63) is 35.9 Å². The number of rotatable bonds is 4. The number of likely N-dealkylation sites (tertiary alicyclic amines) is 1. The molecule has 7 heteroatoms. The van der Waals surface area contributed by atoms with Crippen molar-refractivity contribution in [1.29, 1.82) is 0 Å². The van der Waals surface area contributed by atoms with E-state index in [0.717, 1.165) is 19.5 Å². The lowest BCUT2D eigenvalue weighted by Crippen LogP contribution is -2.38. The van der Waals surface area contributed by atoms with Gasteiger partial charge in [0, 0.05) is 44.0 Å². The molecule has 1 saturated heterocycles. The third kappa shape index (κ3) is 3.84. The topological polar surface area (TPSA) is 44.8 Å². The number of carbonyl (C=O) groups is 1. The molecule has 3 rings (SSSR count). The van der Waals surface area contributed by atoms with E-state index in [4.69, 9.17) is 0 Å². The zero-order chi connectivity index (χ0) is 17.1. The van der Waals surface area contributed by atoms with Crippen molar-refractivity contribution in [2.75, 3.05) is 31.5 Å². The van der Waals surface area contributed by atoms with E-state index in [1.54, 1.807) is 24.0 Å². The van der Waals surface area contributed by atoms with Crippen LogP contribution in [0.2, 0.25) is 0 Å². The highest BCUT2D eigenvalue weighted by molar-refractivity contribution is 5.89. The molecule has 0 aromatic heterocycles. The number of ether oxygens (including phenoxy) is 1. The SMILES string of the molecule is Cc1ccc(NC(=O)N2CC[C@H](N3CC=CC3)C2)cc1OC(F)F. The fourth-order valence-corrected chi connectivity index (χ4v) is 3.12. The Hall–Kier alpha value is -2.15. The Morgan fingerprint density at radius 1 is 1.33 bits per heavy atom. The minimum absolute atomic E-state index is 0.0743. The molecule has 1 aromatic carbocycles. The summed E-state index contributed by atoms with van der Waals surface area (Å²) in [6, 6.07) is 4.93. The van der Waals surface area contributed by atoms with Crippen LogP contribution in [0.4, 0.5) is 19.3 Å². The number of nitrogens with one attached hydrogen (secondary N) is 1. The highest BCUT2D eigenvalue weighted by Crippen LogP contribution is 2.25. The van der Waals surface area contributed by atoms with Gasteiger partial charge in [-0.15, -0.1) is 0 Å². The van der Waals surface area contributed by atoms with E-state index in [1.807, 2.05) is 0 Å². The van der Waals surface area contributed by atoms with Crippen molar-refractivity contribution in [3.8, 4) is 5.75 Å². The van der Waals surface area contributed by atoms with Crippen LogP contribution in [0.5, 0.6) is 5.75 Å². The highest BCUT2D eigenvalue weighted by atomic mass is 19.3. The summed E-state index contributed by atoms with van der Waals surface area (Å²) in [5.74, 6) is 0.0743. The predicted molar refractivity (Wildman–Crippen MR) is 87.5 cm³/mol. The van der Waals surface area contributed by atoms with Crippen LogP contribution in [-0.4, -0.2) is 54.7 Å². The first-order valence-electron chi connectivity index (χ1n) is 8.03. The number of carbonyl (C=O) groups excluding carboxylic acids is 1. The summed E-state index contributed by atoms with van der Waals surface area (Å²) in [6.45, 7) is 2.04. The predicted octanol–water partition coefficient (Wildman–Crippen LogP) is 3.07. The number of urea groups is 1. The van der Waals surface area contributed by atoms with Gasteiger partial charge in [0.05, 0.1) is 0 Å². The molecule has 2 heterocycles. The van der Waals surface area contributed by atoms with Crippen molar-refractivity contribution in [3.63, 3.8) is 0 Å². The van der Waals surface area contributed by atoms with Crippen LogP contribution in [-0.2, 0) is 0 Å². The van der Waals surface area contributed by atoms with Crippen molar-refractivity contribution in [1.82, 2.24) is 9.80 Å². The largest absolute Gasteiger partial charge is 0.434 e. The van der Waals surface area contributed by atoms with Crippen LogP contribution in [0.25, 0.3) is 0 Å². The molecule has 1 fully saturated rings. The molecule has 2 aliphatic heterocycles. The molecule has 0 bridgehead atoms. The standard InChI is InChI=1S/C17H21F2N3O2/c1-12-4-5-13(10-15(12)24-16(18)19)20-17(23)22-9-6-14(11-22)21-7-2-3-8-21/h2-5,10,14,16H,6-9,11H2,1H3,(H,20,23)/t14-/m0/s1. The van der Waals surface area contributed by atoms with Crippen LogP contribution >= 0.6 is 0 Å². The van der Waals surface area contributed by atoms with E-state index in [9.17, 15) is 13.6 Å². The second-order valence-corrected chi connectivity index (χ2v) is 6.10. The normalized spacial score (nSPS) is 20.8. The zero-order valence-corrected chi connectivity index (χ0v) is 13.5. The minimum Gasteiger partial charge on any atom is -0.434 e. The van der Waals surface area contributed by atoms with E-state index < -0.39 is 6.61 Å². The maximum absolute atomic E-state index is 12.4. The lowest BCUT2D eigenvalue weighted by atomic mass is 10.2. The first kappa shape index (κ1) is 16.7. The Morgan fingerprint density at radius 3 is 2.79 bits per heavy atom. The van der Waals surface area contributed by atoms with Gasteiger partial charge in [-0.2, -0.15) is 8.78 Å². The summed E-state index contributed by atoms with van der Waals surface area (Å²) in [4.78, 5) is 16.5. The molecule has 1 N–H and O–H groups in total. The number of alkyl halides is 2. The molecule has 0 radical (unpaired) electrons. The van der Waals surface area contributed by atoms with E-state index >= 15 is 0 Å². The molecule has 0 spiro atoms. The first-order valence-corrected chi connectivity index (χ1v) is 8.03. The molecule has 24 heavy (non-hydrogen) atoms. The number of amides is 2. The molecule has 0 saturated carbocycles. The average Bonchev–Trinajstić information content (AvgIpc) is 3.20. The van der Waals surface area contributed by atoms with Gasteiger partial charge in [0.15, 0.2) is 0 Å². The lowest BCUT2D eigenvalue weighted by Gasteiger charge is -2.23. The van der Waals surface area contributed by atoms with Crippen LogP contribution in [0.15, 0.2) is 30.4 Å². The molecule has 0 aliphatic carbocycles. The number of aryl methyl sites for hydroxylation is 1. The zero-order valence-electron chi connectivity index (χ0n) is 13.5. The monoisotopic (exact) mass is 337 g/mol. The van der Waals surface area contributed by atoms with Crippen LogP contribution < -0.4 is 10.1 Å². The number of benzene rings is 1. The molecule has 1 aromatic rings. The Bertz CT molecular complexity index is 628. The summed E-state index contributed by atoms with van der Waals surface area (Å²) >= 11 is 0. The highest BCUT2D eigenvalue weighted by Gasteiger charge is 2.30. The molecule has 2 aliphatic rings. The third-order valence-electron chi connectivity index (χ3n) is 4.47. The van der Waals surface area contributed by atoms with Crippen molar-refractivity contribution < 1.29 is 18.3 Å². The van der Waals surface area contributed by atoms with E-state index in [0.29, 0.717) is 30.4 Å². The molecular weight excluding hydrogens is 316 g/mol. The molecule has 5 nitrogen and oxygen atoms in total. The third-order valence-corrected chi connectivity index (χ3v) is 4.47. The molecule has 2 amide bonds. The molecule has 1 atom stereocenters. The van der Waals surface area contributed by atoms with Gasteiger partial charge in [-0.3, -0.25) is 4.90 Å². The van der Waals surface area contributed by atoms with Gasteiger partial charge in [-0.1, -0.05) is 18.2 Å². The van der Waals surface area contributed by atoms with Gasteiger partial charge in [-0.25, -0.2) is 4.79 Å². The summed E-state index contributed by atoms with van der Waals surface area (Å²) in [5, 5.41) is 2.76. The maximum Gasteiger partial charge on any atom is 0.387 e. The minimum atomic E-state index is -2.89. The molecular formula is C17H21F2N3O2. The molecule has 0 unspecified atom stereocenters. The van der Waals surface area contributed by atoms with Crippen LogP contribution in [0.1, 0.15) is 12.0 Å². The Balaban J connectivity index is 1.59. The fourth-order valence-electron chi connectivity index (χ4n) is 3.12. The fraction of sp³-hybridized carbons (Fsp3) is 0.471. The lowest BCUT2D eigenvalue weighted by molar-refractivity contribution is -0.0502. The number of hydrogen-bond donors (Lipinski definition) is 1. The van der Waals surface area contributed by atoms with Gasteiger partial charge in [0.25, 0.3) is 0 Å². The van der Waals surface area contributed by atoms with E-state index in [-0.39, 0.29) is 11.8 Å². The van der Waals surface area contributed by atoms with Gasteiger partial charge >= 0.3 is 12.6 Å². The van der Waals surface area contributed by atoms with Gasteiger partial charge in [0.2, 0.25) is 0 Å². The van der Waals surface area contributed by atoms with Crippen LogP contribution in [0.3, 0.4) is 0 Å². The number of nitrogens with zero attached hydrogens (tertiary/aromatic N) is 2. The summed E-state index contributed by atoms with van der Waals surface area (Å²) in [6.07, 6.45) is 5.22. The average molecular weight is 337 g/mol. The summed E-state index contributed by atoms with van der Waals surface area (Å²) < 4.78 is 29.3. The Labute approximate surface area is 139 Å². The van der Waals surface area contributed by atoms with Crippen molar-refractivity contribution in [2.45, 2.75) is 26.0 Å². The number of hydrogen-bond acceptors (Lipinski definition) is 3. The quantitative estimate of drug-likeness (QED) is 0.859. The maximum atomic E-state index is 12.4. The van der Waals surface area contributed by atoms with Gasteiger partial charge in [-0.05, 0) is 25.0 Å². The van der Waals surface area contributed by atoms with Gasteiger partial charge in [0.1, 0.15) is 5.75 Å². The smallest absolute Gasteiger partial charge is 0.387 e. The number of anilines is 1. The van der Waals surface area contributed by atoms with E-state index in [2.05, 4.69) is 27.1 Å². The van der Waals surface area contributed by atoms with Crippen molar-refractivity contribution >= 4 is 11.7 Å². The van der Waals surface area contributed by atoms with Crippen molar-refractivity contribution in [2.24, 2.45) is 0 Å². The summed E-state index contributed by atoms with van der Waals surface area (Å²) in [7, 11) is 0. The van der Waals surface area contributed by atoms with Gasteiger partial charge < -0.3 is 15.0 Å². The second-order valence-electron chi connectivity index (χ2n) is 6.10. The molecule has 130 valence electrons. The van der Waals surface area contributed by atoms with Crippen LogP contribution in [0, 0.1) is 6.92 Å². The summed E-state index contributed by atoms with van der Waals surface area (Å²) in [5.41, 5.74) is 1.05. The Kier molecular flexibility index (Phi) is 4.99. The Morgan fingerprint density at radius 2 is 2.08 bits per heavy atom. The first-order chi connectivity index (χ1) is 11.5. The van der Waals surface area contributed by atoms with E-state index in [1.165, 1.54) is 6.07 Å². The second kappa shape index (κ2) is 7.17. The number of halogens is 2.